The van der Waals surface area contributed by atoms with Gasteiger partial charge in [0, 0.05) is 0 Å². The molecule has 17 heavy (non-hydrogen) atoms. The Labute approximate surface area is 90.9 Å². The third kappa shape index (κ3) is 2.60. The van der Waals surface area contributed by atoms with Crippen molar-refractivity contribution >= 4 is 11.8 Å². The van der Waals surface area contributed by atoms with E-state index in [0.29, 0.717) is 0 Å². The van der Waals surface area contributed by atoms with Crippen molar-refractivity contribution in [2.24, 2.45) is 0 Å². The van der Waals surface area contributed by atoms with Crippen LogP contribution in [0.2, 0.25) is 0 Å². The summed E-state index contributed by atoms with van der Waals surface area (Å²) in [4.78, 5) is 13.3. The molecule has 4 nitrogen and oxygen atoms in total. The molecule has 1 rings (SSSR count). The number of rotatable bonds is 2. The molecule has 0 aliphatic rings. The van der Waals surface area contributed by atoms with Gasteiger partial charge in [-0.1, -0.05) is 0 Å². The largest absolute Gasteiger partial charge is 0.476 e. The molecule has 0 unspecified atom stereocenters. The van der Waals surface area contributed by atoms with E-state index in [2.05, 4.69) is 4.98 Å². The Morgan fingerprint density at radius 2 is 1.94 bits per heavy atom. The van der Waals surface area contributed by atoms with Crippen molar-refractivity contribution in [1.82, 2.24) is 4.98 Å². The van der Waals surface area contributed by atoms with Gasteiger partial charge in [0.25, 0.3) is 6.43 Å². The van der Waals surface area contributed by atoms with Crippen molar-refractivity contribution in [3.05, 3.63) is 22.9 Å². The van der Waals surface area contributed by atoms with Gasteiger partial charge in [-0.25, -0.2) is 18.6 Å². The molecule has 0 saturated heterocycles. The molecule has 0 radical (unpaired) electrons. The first-order valence-electron chi connectivity index (χ1n) is 4.03. The zero-order valence-corrected chi connectivity index (χ0v) is 7.92. The van der Waals surface area contributed by atoms with Gasteiger partial charge < -0.3 is 10.8 Å². The summed E-state index contributed by atoms with van der Waals surface area (Å²) < 4.78 is 61.8. The van der Waals surface area contributed by atoms with Gasteiger partial charge in [0.1, 0.15) is 5.82 Å². The van der Waals surface area contributed by atoms with Crippen LogP contribution in [0.25, 0.3) is 0 Å². The maximum absolute atomic E-state index is 12.4. The molecule has 0 aliphatic heterocycles. The van der Waals surface area contributed by atoms with Crippen LogP contribution >= 0.6 is 0 Å². The standard InChI is InChI=1S/C8H5F5N2O2/c9-5(10)2-1-3(8(11,12)13)4(7(16)17)15-6(2)14/h1,5H,(H2,14,15)(H,16,17). The number of carboxylic acid groups (broad SMARTS) is 1. The van der Waals surface area contributed by atoms with Gasteiger partial charge in [0.05, 0.1) is 11.1 Å². The molecule has 1 aromatic rings. The Kier molecular flexibility index (Phi) is 3.21. The van der Waals surface area contributed by atoms with Gasteiger partial charge in [0.15, 0.2) is 5.69 Å². The minimum Gasteiger partial charge on any atom is -0.476 e. The number of nitrogens with zero attached hydrogens (tertiary/aromatic N) is 1. The maximum Gasteiger partial charge on any atom is 0.418 e. The van der Waals surface area contributed by atoms with Crippen LogP contribution in [0.15, 0.2) is 6.07 Å². The summed E-state index contributed by atoms with van der Waals surface area (Å²) >= 11 is 0. The fourth-order valence-electron chi connectivity index (χ4n) is 1.10. The molecule has 1 heterocycles. The molecule has 0 amide bonds. The number of anilines is 1. The molecule has 0 bridgehead atoms. The Morgan fingerprint density at radius 1 is 1.41 bits per heavy atom. The molecule has 0 spiro atoms. The van der Waals surface area contributed by atoms with E-state index < -0.39 is 41.2 Å². The highest BCUT2D eigenvalue weighted by atomic mass is 19.4. The van der Waals surface area contributed by atoms with Crippen molar-refractivity contribution in [2.45, 2.75) is 12.6 Å². The van der Waals surface area contributed by atoms with Gasteiger partial charge in [-0.3, -0.25) is 0 Å². The first kappa shape index (κ1) is 13.1. The predicted molar refractivity (Wildman–Crippen MR) is 45.6 cm³/mol. The number of hydrogen-bond acceptors (Lipinski definition) is 3. The van der Waals surface area contributed by atoms with Crippen LogP contribution in [0, 0.1) is 0 Å². The summed E-state index contributed by atoms with van der Waals surface area (Å²) in [6, 6.07) is -0.00352. The maximum atomic E-state index is 12.4. The normalized spacial score (nSPS) is 11.9. The molecule has 0 atom stereocenters. The Balaban J connectivity index is 3.54. The van der Waals surface area contributed by atoms with Crippen LogP contribution in [-0.4, -0.2) is 16.1 Å². The first-order chi connectivity index (χ1) is 7.64. The second kappa shape index (κ2) is 4.15. The molecular formula is C8H5F5N2O2. The van der Waals surface area contributed by atoms with Crippen molar-refractivity contribution in [2.75, 3.05) is 5.73 Å². The van der Waals surface area contributed by atoms with E-state index in [1.54, 1.807) is 0 Å². The summed E-state index contributed by atoms with van der Waals surface area (Å²) in [6.07, 6.45) is -8.37. The van der Waals surface area contributed by atoms with Gasteiger partial charge >= 0.3 is 12.1 Å². The summed E-state index contributed by atoms with van der Waals surface area (Å²) in [6.45, 7) is 0. The number of carboxylic acids is 1. The van der Waals surface area contributed by atoms with E-state index in [-0.39, 0.29) is 6.07 Å². The number of carbonyl (C=O) groups is 1. The summed E-state index contributed by atoms with van der Waals surface area (Å²) in [5.41, 5.74) is 0.641. The fraction of sp³-hybridized carbons (Fsp3) is 0.250. The highest BCUT2D eigenvalue weighted by Crippen LogP contribution is 2.35. The highest BCUT2D eigenvalue weighted by molar-refractivity contribution is 5.88. The number of nitrogens with two attached hydrogens (primary N) is 1. The second-order valence-electron chi connectivity index (χ2n) is 2.96. The number of alkyl halides is 5. The topological polar surface area (TPSA) is 76.2 Å². The van der Waals surface area contributed by atoms with E-state index >= 15 is 0 Å². The minimum atomic E-state index is -5.10. The second-order valence-corrected chi connectivity index (χ2v) is 2.96. The van der Waals surface area contributed by atoms with Crippen LogP contribution in [0.3, 0.4) is 0 Å². The van der Waals surface area contributed by atoms with Crippen molar-refractivity contribution in [3.63, 3.8) is 0 Å². The average Bonchev–Trinajstić information content (AvgIpc) is 2.14. The van der Waals surface area contributed by atoms with Crippen LogP contribution in [0.1, 0.15) is 28.0 Å². The zero-order valence-electron chi connectivity index (χ0n) is 7.92. The molecule has 1 aromatic heterocycles. The van der Waals surface area contributed by atoms with Crippen LogP contribution in [0.4, 0.5) is 27.8 Å². The Morgan fingerprint density at radius 3 is 2.29 bits per heavy atom. The van der Waals surface area contributed by atoms with Crippen LogP contribution in [0.5, 0.6) is 0 Å². The number of nitrogen functional groups attached to an aromatic ring is 1. The summed E-state index contributed by atoms with van der Waals surface area (Å²) in [5, 5.41) is 8.48. The molecule has 0 saturated carbocycles. The zero-order chi connectivity index (χ0) is 13.4. The van der Waals surface area contributed by atoms with Gasteiger partial charge in [-0.2, -0.15) is 13.2 Å². The number of pyridine rings is 1. The predicted octanol–water partition coefficient (Wildman–Crippen LogP) is 2.32. The van der Waals surface area contributed by atoms with E-state index in [1.807, 2.05) is 0 Å². The Hall–Kier alpha value is -1.93. The molecule has 0 aliphatic carbocycles. The number of hydrogen-bond donors (Lipinski definition) is 2. The smallest absolute Gasteiger partial charge is 0.418 e. The van der Waals surface area contributed by atoms with Crippen molar-refractivity contribution in [3.8, 4) is 0 Å². The van der Waals surface area contributed by atoms with Crippen LogP contribution < -0.4 is 5.73 Å². The van der Waals surface area contributed by atoms with Crippen LogP contribution in [-0.2, 0) is 6.18 Å². The van der Waals surface area contributed by atoms with Gasteiger partial charge in [0.2, 0.25) is 0 Å². The summed E-state index contributed by atoms with van der Waals surface area (Å²) in [5.74, 6) is -2.93. The lowest BCUT2D eigenvalue weighted by Gasteiger charge is -2.12. The number of aromatic carboxylic acids is 1. The van der Waals surface area contributed by atoms with Gasteiger partial charge in [-0.15, -0.1) is 0 Å². The third-order valence-corrected chi connectivity index (χ3v) is 1.83. The first-order valence-corrected chi connectivity index (χ1v) is 4.03. The lowest BCUT2D eigenvalue weighted by Crippen LogP contribution is -2.17. The molecule has 0 fully saturated rings. The third-order valence-electron chi connectivity index (χ3n) is 1.83. The minimum absolute atomic E-state index is 0.00352. The highest BCUT2D eigenvalue weighted by Gasteiger charge is 2.38. The van der Waals surface area contributed by atoms with E-state index in [1.165, 1.54) is 0 Å². The SMILES string of the molecule is Nc1nc(C(=O)O)c(C(F)(F)F)cc1C(F)F. The fourth-order valence-corrected chi connectivity index (χ4v) is 1.10. The molecule has 3 N–H and O–H groups in total. The molecule has 94 valence electrons. The molecule has 9 heteroatoms. The summed E-state index contributed by atoms with van der Waals surface area (Å²) in [7, 11) is 0. The van der Waals surface area contributed by atoms with E-state index in [4.69, 9.17) is 10.8 Å². The average molecular weight is 256 g/mol. The number of halogens is 5. The van der Waals surface area contributed by atoms with E-state index in [0.717, 1.165) is 0 Å². The quantitative estimate of drug-likeness (QED) is 0.796. The van der Waals surface area contributed by atoms with E-state index in [9.17, 15) is 26.7 Å². The monoisotopic (exact) mass is 256 g/mol. The lowest BCUT2D eigenvalue weighted by molar-refractivity contribution is -0.138. The lowest BCUT2D eigenvalue weighted by atomic mass is 10.1. The Bertz CT molecular complexity index is 458. The van der Waals surface area contributed by atoms with Crippen molar-refractivity contribution < 1.29 is 31.9 Å². The molecule has 0 aromatic carbocycles. The molecular weight excluding hydrogens is 251 g/mol. The van der Waals surface area contributed by atoms with Crippen molar-refractivity contribution in [1.29, 1.82) is 0 Å². The number of aromatic nitrogens is 1. The van der Waals surface area contributed by atoms with Gasteiger partial charge in [-0.05, 0) is 6.07 Å².